The molecule has 1 unspecified atom stereocenters. The minimum absolute atomic E-state index is 0.284. The zero-order valence-corrected chi connectivity index (χ0v) is 32.7. The molecule has 4 heteroatoms. The van der Waals surface area contributed by atoms with Crippen LogP contribution in [0.5, 0.6) is 0 Å². The molecule has 1 spiro atoms. The van der Waals surface area contributed by atoms with Crippen LogP contribution in [0.25, 0.3) is 82.1 Å². The third-order valence-corrected chi connectivity index (χ3v) is 13.6. The van der Waals surface area contributed by atoms with Crippen molar-refractivity contribution in [3.63, 3.8) is 0 Å². The molecule has 0 N–H and O–H groups in total. The summed E-state index contributed by atoms with van der Waals surface area (Å²) in [6.07, 6.45) is 0. The van der Waals surface area contributed by atoms with Crippen LogP contribution >= 0.6 is 0 Å². The first-order valence-corrected chi connectivity index (χ1v) is 20.9. The Hall–Kier alpha value is -7.95. The predicted octanol–water partition coefficient (Wildman–Crippen LogP) is 15.3. The van der Waals surface area contributed by atoms with Gasteiger partial charge in [0.15, 0.2) is 5.58 Å². The van der Waals surface area contributed by atoms with E-state index in [-0.39, 0.29) is 5.82 Å². The van der Waals surface area contributed by atoms with E-state index in [2.05, 4.69) is 173 Å². The van der Waals surface area contributed by atoms with Crippen molar-refractivity contribution in [2.75, 3.05) is 4.90 Å². The SMILES string of the molecule is Fc1ccc(N(c2cc3c(c4ccccc24)-c2c(ccc4ccccc24)C32c3ccccc3-n3c4ccccc4c4cccc2c43)c2cccc3c2oc2ccccc23)cc1. The van der Waals surface area contributed by atoms with Crippen LogP contribution in [0.2, 0.25) is 0 Å². The number of anilines is 3. The minimum atomic E-state index is -0.701. The maximum Gasteiger partial charge on any atom is 0.159 e. The summed E-state index contributed by atoms with van der Waals surface area (Å²) >= 11 is 0. The molecule has 0 fully saturated rings. The van der Waals surface area contributed by atoms with Gasteiger partial charge in [-0.2, -0.15) is 0 Å². The second-order valence-corrected chi connectivity index (χ2v) is 16.5. The zero-order valence-electron chi connectivity index (χ0n) is 32.7. The Morgan fingerprint density at radius 1 is 0.443 bits per heavy atom. The van der Waals surface area contributed by atoms with Crippen molar-refractivity contribution in [1.29, 1.82) is 0 Å². The third-order valence-electron chi connectivity index (χ3n) is 13.6. The highest BCUT2D eigenvalue weighted by atomic mass is 19.1. The smallest absolute Gasteiger partial charge is 0.159 e. The highest BCUT2D eigenvalue weighted by Gasteiger charge is 2.52. The highest BCUT2D eigenvalue weighted by molar-refractivity contribution is 6.19. The molecule has 284 valence electrons. The van der Waals surface area contributed by atoms with Gasteiger partial charge in [-0.1, -0.05) is 146 Å². The number of furan rings is 1. The lowest BCUT2D eigenvalue weighted by atomic mass is 9.65. The quantitative estimate of drug-likeness (QED) is 0.178. The van der Waals surface area contributed by atoms with E-state index in [1.807, 2.05) is 24.3 Å². The average molecular weight is 781 g/mol. The Labute approximate surface area is 349 Å². The van der Waals surface area contributed by atoms with Crippen LogP contribution < -0.4 is 4.90 Å². The lowest BCUT2D eigenvalue weighted by Crippen LogP contribution is -2.33. The lowest BCUT2D eigenvalue weighted by Gasteiger charge is -2.40. The number of hydrogen-bond acceptors (Lipinski definition) is 2. The highest BCUT2D eigenvalue weighted by Crippen LogP contribution is 2.64. The second-order valence-electron chi connectivity index (χ2n) is 16.5. The minimum Gasteiger partial charge on any atom is -0.454 e. The normalized spacial score (nSPS) is 15.0. The van der Waals surface area contributed by atoms with E-state index >= 15 is 0 Å². The maximum absolute atomic E-state index is 14.9. The summed E-state index contributed by atoms with van der Waals surface area (Å²) in [6, 6.07) is 71.0. The van der Waals surface area contributed by atoms with Crippen LogP contribution in [0.4, 0.5) is 21.5 Å². The van der Waals surface area contributed by atoms with Crippen molar-refractivity contribution in [2.45, 2.75) is 5.41 Å². The number of nitrogens with zero attached hydrogens (tertiary/aromatic N) is 2. The van der Waals surface area contributed by atoms with Gasteiger partial charge in [0.2, 0.25) is 0 Å². The standard InChI is InChI=1S/C57H33FN2O/c58-35-28-30-36(31-29-35)59(50-25-12-20-43-40-17-6-10-26-52(40)61-56(43)50)51-33-47-54(41-18-4-3-15-38(41)51)53-37-14-2-1-13-34(37)27-32-45(53)57(47)44-21-7-9-24-49(44)60-48-23-8-5-16-39(48)42-19-11-22-46(57)55(42)60/h1-33H. The number of fused-ring (bicyclic) bond motifs is 19. The van der Waals surface area contributed by atoms with E-state index < -0.39 is 5.41 Å². The molecule has 2 aliphatic rings. The molecule has 14 rings (SSSR count). The molecule has 0 amide bonds. The fourth-order valence-electron chi connectivity index (χ4n) is 11.3. The van der Waals surface area contributed by atoms with Crippen LogP contribution in [0.15, 0.2) is 205 Å². The number of aromatic nitrogens is 1. The molecule has 0 saturated heterocycles. The van der Waals surface area contributed by atoms with E-state index in [9.17, 15) is 4.39 Å². The van der Waals surface area contributed by atoms with Crippen LogP contribution in [-0.4, -0.2) is 4.57 Å². The van der Waals surface area contributed by atoms with E-state index in [4.69, 9.17) is 4.42 Å². The summed E-state index contributed by atoms with van der Waals surface area (Å²) in [4.78, 5) is 2.29. The molecule has 0 saturated carbocycles. The summed E-state index contributed by atoms with van der Waals surface area (Å²) in [6.45, 7) is 0. The Balaban J connectivity index is 1.20. The Morgan fingerprint density at radius 2 is 1.10 bits per heavy atom. The van der Waals surface area contributed by atoms with Gasteiger partial charge in [-0.15, -0.1) is 0 Å². The summed E-state index contributed by atoms with van der Waals surface area (Å²) in [5, 5.41) is 9.25. The van der Waals surface area contributed by atoms with Crippen molar-refractivity contribution in [3.05, 3.63) is 228 Å². The summed E-state index contributed by atoms with van der Waals surface area (Å²) < 4.78 is 24.2. The van der Waals surface area contributed by atoms with Crippen LogP contribution in [0.1, 0.15) is 22.3 Å². The van der Waals surface area contributed by atoms with Gasteiger partial charge in [0.1, 0.15) is 11.4 Å². The largest absolute Gasteiger partial charge is 0.454 e. The van der Waals surface area contributed by atoms with Crippen molar-refractivity contribution in [1.82, 2.24) is 4.57 Å². The number of rotatable bonds is 3. The fraction of sp³-hybridized carbons (Fsp3) is 0.0175. The summed E-state index contributed by atoms with van der Waals surface area (Å²) in [5.74, 6) is -0.284. The summed E-state index contributed by atoms with van der Waals surface area (Å²) in [5.41, 5.74) is 14.7. The van der Waals surface area contributed by atoms with Gasteiger partial charge in [-0.3, -0.25) is 0 Å². The maximum atomic E-state index is 14.9. The van der Waals surface area contributed by atoms with Gasteiger partial charge in [-0.25, -0.2) is 4.39 Å². The Morgan fingerprint density at radius 3 is 1.98 bits per heavy atom. The van der Waals surface area contributed by atoms with Crippen LogP contribution in [0.3, 0.4) is 0 Å². The first-order valence-electron chi connectivity index (χ1n) is 20.9. The molecule has 3 heterocycles. The van der Waals surface area contributed by atoms with Crippen molar-refractivity contribution >= 4 is 82.4 Å². The zero-order chi connectivity index (χ0) is 40.0. The molecule has 3 nitrogen and oxygen atoms in total. The molecule has 0 bridgehead atoms. The van der Waals surface area contributed by atoms with Gasteiger partial charge in [-0.05, 0) is 104 Å². The topological polar surface area (TPSA) is 21.3 Å². The third kappa shape index (κ3) is 4.11. The predicted molar refractivity (Wildman–Crippen MR) is 249 cm³/mol. The molecule has 1 aliphatic heterocycles. The number of halogens is 1. The van der Waals surface area contributed by atoms with Gasteiger partial charge < -0.3 is 13.9 Å². The molecule has 2 aromatic heterocycles. The molecule has 0 radical (unpaired) electrons. The monoisotopic (exact) mass is 780 g/mol. The van der Waals surface area contributed by atoms with E-state index in [0.29, 0.717) is 0 Å². The second kappa shape index (κ2) is 11.8. The number of para-hydroxylation sites is 5. The molecule has 10 aromatic carbocycles. The number of hydrogen-bond donors (Lipinski definition) is 0. The number of benzene rings is 10. The molecule has 12 aromatic rings. The van der Waals surface area contributed by atoms with Gasteiger partial charge >= 0.3 is 0 Å². The van der Waals surface area contributed by atoms with Crippen LogP contribution in [0, 0.1) is 5.82 Å². The molecule has 61 heavy (non-hydrogen) atoms. The van der Waals surface area contributed by atoms with E-state index in [1.54, 1.807) is 12.1 Å². The summed E-state index contributed by atoms with van der Waals surface area (Å²) in [7, 11) is 0. The van der Waals surface area contributed by atoms with E-state index in [1.165, 1.54) is 71.6 Å². The Kier molecular flexibility index (Phi) is 6.39. The molecule has 1 aliphatic carbocycles. The van der Waals surface area contributed by atoms with Crippen molar-refractivity contribution in [3.8, 4) is 16.8 Å². The molecular weight excluding hydrogens is 748 g/mol. The van der Waals surface area contributed by atoms with Gasteiger partial charge in [0.05, 0.1) is 33.5 Å². The first kappa shape index (κ1) is 32.9. The van der Waals surface area contributed by atoms with Crippen molar-refractivity contribution < 1.29 is 8.81 Å². The fourth-order valence-corrected chi connectivity index (χ4v) is 11.3. The van der Waals surface area contributed by atoms with Gasteiger partial charge in [0.25, 0.3) is 0 Å². The van der Waals surface area contributed by atoms with Crippen LogP contribution in [-0.2, 0) is 5.41 Å². The molecule has 1 atom stereocenters. The van der Waals surface area contributed by atoms with Crippen molar-refractivity contribution in [2.24, 2.45) is 0 Å². The first-order chi connectivity index (χ1) is 30.2. The lowest BCUT2D eigenvalue weighted by molar-refractivity contribution is 0.628. The molecular formula is C57H33FN2O. The van der Waals surface area contributed by atoms with Gasteiger partial charge in [0, 0.05) is 32.6 Å². The van der Waals surface area contributed by atoms with E-state index in [0.717, 1.165) is 49.8 Å². The average Bonchev–Trinajstić information content (AvgIpc) is 3.97. The Bertz CT molecular complexity index is 3860.